The number of nitrogens with zero attached hydrogens (tertiary/aromatic N) is 1. The Kier molecular flexibility index (Phi) is 7.92. The number of benzene rings is 1. The number of hydrogen-bond donors (Lipinski definition) is 3. The molecule has 3 saturated carbocycles. The monoisotopic (exact) mass is 550 g/mol. The van der Waals surface area contributed by atoms with Crippen molar-refractivity contribution in [1.29, 1.82) is 0 Å². The minimum Gasteiger partial charge on any atom is -0.480 e. The van der Waals surface area contributed by atoms with Gasteiger partial charge in [0.05, 0.1) is 5.71 Å². The Labute approximate surface area is 236 Å². The molecule has 0 bridgehead atoms. The van der Waals surface area contributed by atoms with E-state index in [9.17, 15) is 24.6 Å². The Bertz CT molecular complexity index is 1210. The zero-order valence-electron chi connectivity index (χ0n) is 23.8. The fourth-order valence-corrected chi connectivity index (χ4v) is 8.82. The summed E-state index contributed by atoms with van der Waals surface area (Å²) in [5, 5.41) is 26.6. The van der Waals surface area contributed by atoms with Crippen LogP contribution in [-0.2, 0) is 19.2 Å². The summed E-state index contributed by atoms with van der Waals surface area (Å²) in [6, 6.07) is 6.86. The van der Waals surface area contributed by atoms with Crippen LogP contribution < -0.4 is 5.32 Å². The summed E-state index contributed by atoms with van der Waals surface area (Å²) in [5.74, 6) is 0.502. The summed E-state index contributed by atoms with van der Waals surface area (Å²) >= 11 is 0. The van der Waals surface area contributed by atoms with Gasteiger partial charge in [-0.25, -0.2) is 4.79 Å². The van der Waals surface area contributed by atoms with Gasteiger partial charge in [-0.15, -0.1) is 0 Å². The number of aliphatic carboxylic acids is 1. The van der Waals surface area contributed by atoms with E-state index in [1.165, 1.54) is 12.0 Å². The topological polar surface area (TPSA) is 125 Å². The van der Waals surface area contributed by atoms with Crippen molar-refractivity contribution >= 4 is 23.4 Å². The van der Waals surface area contributed by atoms with Gasteiger partial charge in [-0.05, 0) is 98.5 Å². The summed E-state index contributed by atoms with van der Waals surface area (Å²) in [7, 11) is 0. The number of carboxylic acid groups (broad SMARTS) is 1. The highest BCUT2D eigenvalue weighted by atomic mass is 16.6. The largest absolute Gasteiger partial charge is 0.480 e. The molecule has 0 aliphatic heterocycles. The van der Waals surface area contributed by atoms with E-state index in [0.29, 0.717) is 29.1 Å². The maximum atomic E-state index is 12.4. The molecule has 5 rings (SSSR count). The number of hydrogen-bond acceptors (Lipinski definition) is 6. The molecular formula is C32H42N2O6. The number of aliphatic hydroxyl groups is 1. The number of ketones is 1. The molecule has 1 aromatic rings. The SMILES string of the molecule is CC(=O)C1CCC2C3CCC4=C/C(=N/OCC(=O)NC(C(=O)O)C(O)c5ccccc5)CC[C@]4(C)C3CC[C@]12C. The maximum absolute atomic E-state index is 12.4. The average molecular weight is 551 g/mol. The van der Waals surface area contributed by atoms with Gasteiger partial charge >= 0.3 is 5.97 Å². The van der Waals surface area contributed by atoms with Crippen LogP contribution in [0.25, 0.3) is 0 Å². The van der Waals surface area contributed by atoms with Crippen LogP contribution in [0.15, 0.2) is 47.1 Å². The molecule has 40 heavy (non-hydrogen) atoms. The molecule has 1 aromatic carbocycles. The van der Waals surface area contributed by atoms with Crippen molar-refractivity contribution < 1.29 is 29.4 Å². The third-order valence-corrected chi connectivity index (χ3v) is 10.9. The predicted octanol–water partition coefficient (Wildman–Crippen LogP) is 4.83. The normalized spacial score (nSPS) is 35.4. The molecule has 8 atom stereocenters. The van der Waals surface area contributed by atoms with E-state index >= 15 is 0 Å². The highest BCUT2D eigenvalue weighted by Gasteiger charge is 2.59. The van der Waals surface area contributed by atoms with Crippen LogP contribution in [0.1, 0.15) is 83.8 Å². The molecule has 0 aromatic heterocycles. The van der Waals surface area contributed by atoms with Crippen LogP contribution in [-0.4, -0.2) is 46.2 Å². The van der Waals surface area contributed by atoms with Crippen LogP contribution >= 0.6 is 0 Å². The van der Waals surface area contributed by atoms with Gasteiger partial charge in [0.1, 0.15) is 11.9 Å². The van der Waals surface area contributed by atoms with E-state index in [0.717, 1.165) is 50.7 Å². The average Bonchev–Trinajstić information content (AvgIpc) is 3.29. The van der Waals surface area contributed by atoms with Crippen molar-refractivity contribution in [1.82, 2.24) is 5.32 Å². The Balaban J connectivity index is 1.20. The van der Waals surface area contributed by atoms with Gasteiger partial charge in [-0.1, -0.05) is 54.9 Å². The molecule has 8 heteroatoms. The number of carboxylic acids is 1. The van der Waals surface area contributed by atoms with E-state index in [-0.39, 0.29) is 16.7 Å². The van der Waals surface area contributed by atoms with E-state index in [1.807, 2.05) is 0 Å². The first kappa shape index (κ1) is 28.5. The number of oxime groups is 1. The molecule has 0 radical (unpaired) electrons. The molecular weight excluding hydrogens is 508 g/mol. The summed E-state index contributed by atoms with van der Waals surface area (Å²) in [6.45, 7) is 6.13. The highest BCUT2D eigenvalue weighted by Crippen LogP contribution is 2.66. The predicted molar refractivity (Wildman–Crippen MR) is 150 cm³/mol. The van der Waals surface area contributed by atoms with Crippen molar-refractivity contribution in [2.75, 3.05) is 6.61 Å². The summed E-state index contributed by atoms with van der Waals surface area (Å²) in [6.07, 6.45) is 9.17. The summed E-state index contributed by atoms with van der Waals surface area (Å²) in [5.41, 5.74) is 2.88. The lowest BCUT2D eigenvalue weighted by molar-refractivity contribution is -0.146. The van der Waals surface area contributed by atoms with Gasteiger partial charge in [0.2, 0.25) is 0 Å². The lowest BCUT2D eigenvalue weighted by Gasteiger charge is -2.58. The second-order valence-electron chi connectivity index (χ2n) is 12.9. The summed E-state index contributed by atoms with van der Waals surface area (Å²) in [4.78, 5) is 41.9. The van der Waals surface area contributed by atoms with Crippen LogP contribution in [0.3, 0.4) is 0 Å². The van der Waals surface area contributed by atoms with Crippen molar-refractivity contribution in [3.63, 3.8) is 0 Å². The third kappa shape index (κ3) is 5.11. The lowest BCUT2D eigenvalue weighted by atomic mass is 9.46. The quantitative estimate of drug-likeness (QED) is 0.398. The van der Waals surface area contributed by atoms with E-state index in [4.69, 9.17) is 4.84 Å². The standard InChI is InChI=1S/C32H42N2O6/c1-19(35)24-11-12-25-23-10-9-21-17-22(13-15-31(21,2)26(23)14-16-32(24,25)3)34-40-18-27(36)33-28(30(38)39)29(37)20-7-5-4-6-8-20/h4-8,17,23-26,28-29,37H,9-16,18H2,1-3H3,(H,33,36)(H,38,39)/b34-22+/t23?,24?,25?,26?,28?,29?,31-,32+/m0/s1. The number of aliphatic hydroxyl groups excluding tert-OH is 1. The van der Waals surface area contributed by atoms with Gasteiger partial charge in [0, 0.05) is 5.92 Å². The molecule has 1 amide bonds. The minimum absolute atomic E-state index is 0.122. The Hall–Kier alpha value is -3.00. The number of amides is 1. The molecule has 8 nitrogen and oxygen atoms in total. The van der Waals surface area contributed by atoms with Gasteiger partial charge in [0.25, 0.3) is 5.91 Å². The number of rotatable bonds is 8. The second-order valence-corrected chi connectivity index (χ2v) is 12.9. The fourth-order valence-electron chi connectivity index (χ4n) is 8.82. The smallest absolute Gasteiger partial charge is 0.329 e. The van der Waals surface area contributed by atoms with Crippen LogP contribution in [0.4, 0.5) is 0 Å². The molecule has 3 fully saturated rings. The van der Waals surface area contributed by atoms with Gasteiger partial charge in [-0.3, -0.25) is 9.59 Å². The van der Waals surface area contributed by atoms with E-state index < -0.39 is 30.6 Å². The van der Waals surface area contributed by atoms with Crippen molar-refractivity contribution in [3.05, 3.63) is 47.5 Å². The molecule has 0 heterocycles. The molecule has 6 unspecified atom stereocenters. The number of allylic oxidation sites excluding steroid dienone is 2. The first-order chi connectivity index (χ1) is 19.0. The zero-order chi connectivity index (χ0) is 28.7. The first-order valence-electron chi connectivity index (χ1n) is 14.7. The van der Waals surface area contributed by atoms with E-state index in [2.05, 4.69) is 30.4 Å². The zero-order valence-corrected chi connectivity index (χ0v) is 23.8. The second kappa shape index (κ2) is 11.1. The third-order valence-electron chi connectivity index (χ3n) is 10.9. The number of carbonyl (C=O) groups excluding carboxylic acids is 2. The van der Waals surface area contributed by atoms with E-state index in [1.54, 1.807) is 37.3 Å². The van der Waals surface area contributed by atoms with Crippen molar-refractivity contribution in [3.8, 4) is 0 Å². The lowest BCUT2D eigenvalue weighted by Crippen LogP contribution is -2.51. The van der Waals surface area contributed by atoms with Gasteiger partial charge in [-0.2, -0.15) is 0 Å². The molecule has 4 aliphatic carbocycles. The van der Waals surface area contributed by atoms with Crippen LogP contribution in [0.5, 0.6) is 0 Å². The van der Waals surface area contributed by atoms with Crippen LogP contribution in [0.2, 0.25) is 0 Å². The minimum atomic E-state index is -1.50. The molecule has 216 valence electrons. The Morgan fingerprint density at radius 2 is 1.80 bits per heavy atom. The Morgan fingerprint density at radius 3 is 2.50 bits per heavy atom. The van der Waals surface area contributed by atoms with Crippen molar-refractivity contribution in [2.45, 2.75) is 84.3 Å². The highest BCUT2D eigenvalue weighted by molar-refractivity contribution is 5.96. The fraction of sp³-hybridized carbons (Fsp3) is 0.625. The Morgan fingerprint density at radius 1 is 1.05 bits per heavy atom. The molecule has 0 saturated heterocycles. The molecule has 3 N–H and O–H groups in total. The number of Topliss-reactive ketones (excluding diaryl/α,β-unsaturated/α-hetero) is 1. The summed E-state index contributed by atoms with van der Waals surface area (Å²) < 4.78 is 0. The van der Waals surface area contributed by atoms with Gasteiger partial charge in [0.15, 0.2) is 12.6 Å². The first-order valence-corrected chi connectivity index (χ1v) is 14.7. The maximum Gasteiger partial charge on any atom is 0.329 e. The number of carbonyl (C=O) groups is 3. The van der Waals surface area contributed by atoms with Crippen molar-refractivity contribution in [2.24, 2.45) is 39.7 Å². The molecule has 4 aliphatic rings. The van der Waals surface area contributed by atoms with Crippen LogP contribution in [0, 0.1) is 34.5 Å². The van der Waals surface area contributed by atoms with Gasteiger partial charge < -0.3 is 20.4 Å². The number of fused-ring (bicyclic) bond motifs is 5. The molecule has 0 spiro atoms. The number of nitrogens with one attached hydrogen (secondary N) is 1.